The van der Waals surface area contributed by atoms with Crippen LogP contribution in [0.3, 0.4) is 0 Å². The van der Waals surface area contributed by atoms with Crippen LogP contribution < -0.4 is 5.32 Å². The molecular formula is C14H19FN2O3. The Kier molecular flexibility index (Phi) is 5.49. The van der Waals surface area contributed by atoms with Crippen molar-refractivity contribution in [2.75, 3.05) is 11.9 Å². The largest absolute Gasteiger partial charge is 0.478 e. The first-order chi connectivity index (χ1) is 9.40. The molecule has 0 radical (unpaired) electrons. The summed E-state index contributed by atoms with van der Waals surface area (Å²) in [7, 11) is 0. The number of benzene rings is 1. The molecule has 110 valence electrons. The Balaban J connectivity index is 2.87. The lowest BCUT2D eigenvalue weighted by Crippen LogP contribution is -2.41. The average molecular weight is 282 g/mol. The maximum atomic E-state index is 13.7. The summed E-state index contributed by atoms with van der Waals surface area (Å²) in [5, 5.41) is 11.2. The molecule has 0 bridgehead atoms. The molecule has 20 heavy (non-hydrogen) atoms. The van der Waals surface area contributed by atoms with E-state index >= 15 is 0 Å². The van der Waals surface area contributed by atoms with Crippen molar-refractivity contribution in [1.29, 1.82) is 0 Å². The average Bonchev–Trinajstić information content (AvgIpc) is 2.41. The number of carboxylic acid groups (broad SMARTS) is 1. The number of hydrogen-bond acceptors (Lipinski definition) is 2. The minimum absolute atomic E-state index is 0.0262. The molecule has 0 aliphatic rings. The number of carbonyl (C=O) groups is 2. The maximum absolute atomic E-state index is 13.7. The van der Waals surface area contributed by atoms with Gasteiger partial charge in [-0.2, -0.15) is 0 Å². The molecule has 0 spiro atoms. The van der Waals surface area contributed by atoms with Gasteiger partial charge in [0.25, 0.3) is 0 Å². The second-order valence-electron chi connectivity index (χ2n) is 4.47. The van der Waals surface area contributed by atoms with E-state index in [1.807, 2.05) is 20.8 Å². The number of rotatable bonds is 5. The Morgan fingerprint density at radius 1 is 1.40 bits per heavy atom. The fraction of sp³-hybridized carbons (Fsp3) is 0.429. The van der Waals surface area contributed by atoms with E-state index in [2.05, 4.69) is 5.32 Å². The van der Waals surface area contributed by atoms with Crippen LogP contribution in [0.25, 0.3) is 0 Å². The van der Waals surface area contributed by atoms with Gasteiger partial charge < -0.3 is 15.3 Å². The zero-order valence-corrected chi connectivity index (χ0v) is 11.8. The van der Waals surface area contributed by atoms with Crippen molar-refractivity contribution < 1.29 is 19.1 Å². The van der Waals surface area contributed by atoms with Crippen LogP contribution in [0.5, 0.6) is 0 Å². The normalized spacial score (nSPS) is 11.8. The molecule has 0 aromatic heterocycles. The standard InChI is InChI=1S/C14H19FN2O3/c1-4-9(3)17(5-2)14(20)16-12-7-6-10(13(18)19)8-11(12)15/h6-9H,4-5H2,1-3H3,(H,16,20)(H,18,19). The van der Waals surface area contributed by atoms with Gasteiger partial charge in [0.2, 0.25) is 0 Å². The minimum Gasteiger partial charge on any atom is -0.478 e. The quantitative estimate of drug-likeness (QED) is 0.871. The zero-order chi connectivity index (χ0) is 15.3. The summed E-state index contributed by atoms with van der Waals surface area (Å²) in [6, 6.07) is 3.03. The highest BCUT2D eigenvalue weighted by molar-refractivity contribution is 5.92. The number of aromatic carboxylic acids is 1. The lowest BCUT2D eigenvalue weighted by atomic mass is 10.2. The fourth-order valence-corrected chi connectivity index (χ4v) is 1.81. The van der Waals surface area contributed by atoms with Gasteiger partial charge in [0.05, 0.1) is 11.3 Å². The third kappa shape index (κ3) is 3.69. The van der Waals surface area contributed by atoms with Crippen LogP contribution in [0.4, 0.5) is 14.9 Å². The molecule has 1 aromatic rings. The highest BCUT2D eigenvalue weighted by Crippen LogP contribution is 2.17. The summed E-state index contributed by atoms with van der Waals surface area (Å²) >= 11 is 0. The third-order valence-corrected chi connectivity index (χ3v) is 3.18. The van der Waals surface area contributed by atoms with Gasteiger partial charge in [-0.1, -0.05) is 6.92 Å². The van der Waals surface area contributed by atoms with Crippen LogP contribution in [0, 0.1) is 5.82 Å². The number of nitrogens with zero attached hydrogens (tertiary/aromatic N) is 1. The van der Waals surface area contributed by atoms with Crippen molar-refractivity contribution in [2.24, 2.45) is 0 Å². The molecule has 5 nitrogen and oxygen atoms in total. The second-order valence-corrected chi connectivity index (χ2v) is 4.47. The van der Waals surface area contributed by atoms with Crippen molar-refractivity contribution in [1.82, 2.24) is 4.90 Å². The van der Waals surface area contributed by atoms with E-state index in [9.17, 15) is 14.0 Å². The summed E-state index contributed by atoms with van der Waals surface area (Å²) in [6.45, 7) is 6.22. The summed E-state index contributed by atoms with van der Waals surface area (Å²) < 4.78 is 13.7. The van der Waals surface area contributed by atoms with E-state index in [1.165, 1.54) is 12.1 Å². The molecule has 0 saturated heterocycles. The molecule has 1 atom stereocenters. The van der Waals surface area contributed by atoms with E-state index in [4.69, 9.17) is 5.11 Å². The predicted octanol–water partition coefficient (Wildman–Crippen LogP) is 3.18. The van der Waals surface area contributed by atoms with Gasteiger partial charge in [0.15, 0.2) is 0 Å². The minimum atomic E-state index is -1.21. The number of carbonyl (C=O) groups excluding carboxylic acids is 1. The molecule has 0 heterocycles. The SMILES string of the molecule is CCC(C)N(CC)C(=O)Nc1ccc(C(=O)O)cc1F. The van der Waals surface area contributed by atoms with E-state index in [0.717, 1.165) is 12.5 Å². The van der Waals surface area contributed by atoms with Gasteiger partial charge in [0.1, 0.15) is 5.82 Å². The topological polar surface area (TPSA) is 69.6 Å². The van der Waals surface area contributed by atoms with Crippen molar-refractivity contribution in [3.05, 3.63) is 29.6 Å². The highest BCUT2D eigenvalue weighted by atomic mass is 19.1. The smallest absolute Gasteiger partial charge is 0.335 e. The monoisotopic (exact) mass is 282 g/mol. The van der Waals surface area contributed by atoms with Gasteiger partial charge in [-0.3, -0.25) is 0 Å². The van der Waals surface area contributed by atoms with Crippen LogP contribution in [-0.2, 0) is 0 Å². The summed E-state index contributed by atoms with van der Waals surface area (Å²) in [5.41, 5.74) is -0.184. The first-order valence-corrected chi connectivity index (χ1v) is 6.51. The molecule has 1 unspecified atom stereocenters. The Bertz CT molecular complexity index is 505. The Morgan fingerprint density at radius 3 is 2.50 bits per heavy atom. The highest BCUT2D eigenvalue weighted by Gasteiger charge is 2.18. The van der Waals surface area contributed by atoms with Gasteiger partial charge in [-0.15, -0.1) is 0 Å². The Labute approximate surface area is 117 Å². The first-order valence-electron chi connectivity index (χ1n) is 6.51. The summed E-state index contributed by atoms with van der Waals surface area (Å²) in [5.74, 6) is -1.98. The Hall–Kier alpha value is -2.11. The van der Waals surface area contributed by atoms with Crippen molar-refractivity contribution in [2.45, 2.75) is 33.2 Å². The number of urea groups is 1. The van der Waals surface area contributed by atoms with Crippen LogP contribution >= 0.6 is 0 Å². The van der Waals surface area contributed by atoms with Crippen molar-refractivity contribution in [3.8, 4) is 0 Å². The molecule has 2 amide bonds. The number of hydrogen-bond donors (Lipinski definition) is 2. The van der Waals surface area contributed by atoms with Crippen LogP contribution in [0.1, 0.15) is 37.6 Å². The van der Waals surface area contributed by atoms with Gasteiger partial charge in [0, 0.05) is 12.6 Å². The number of halogens is 1. The fourth-order valence-electron chi connectivity index (χ4n) is 1.81. The van der Waals surface area contributed by atoms with E-state index in [1.54, 1.807) is 4.90 Å². The molecule has 1 aromatic carbocycles. The molecule has 0 fully saturated rings. The third-order valence-electron chi connectivity index (χ3n) is 3.18. The number of anilines is 1. The molecule has 0 saturated carbocycles. The summed E-state index contributed by atoms with van der Waals surface area (Å²) in [6.07, 6.45) is 0.793. The summed E-state index contributed by atoms with van der Waals surface area (Å²) in [4.78, 5) is 24.3. The van der Waals surface area contributed by atoms with E-state index in [-0.39, 0.29) is 17.3 Å². The second kappa shape index (κ2) is 6.88. The predicted molar refractivity (Wildman–Crippen MR) is 74.5 cm³/mol. The van der Waals surface area contributed by atoms with E-state index < -0.39 is 17.8 Å². The molecular weight excluding hydrogens is 263 g/mol. The van der Waals surface area contributed by atoms with Gasteiger partial charge >= 0.3 is 12.0 Å². The number of carboxylic acids is 1. The Morgan fingerprint density at radius 2 is 2.05 bits per heavy atom. The van der Waals surface area contributed by atoms with E-state index in [0.29, 0.717) is 6.54 Å². The molecule has 2 N–H and O–H groups in total. The molecule has 1 rings (SSSR count). The lowest BCUT2D eigenvalue weighted by Gasteiger charge is -2.27. The maximum Gasteiger partial charge on any atom is 0.335 e. The molecule has 6 heteroatoms. The lowest BCUT2D eigenvalue weighted by molar-refractivity contribution is 0.0696. The molecule has 0 aliphatic heterocycles. The van der Waals surface area contributed by atoms with Gasteiger partial charge in [-0.05, 0) is 38.5 Å². The van der Waals surface area contributed by atoms with Crippen LogP contribution in [-0.4, -0.2) is 34.6 Å². The van der Waals surface area contributed by atoms with Crippen molar-refractivity contribution >= 4 is 17.7 Å². The molecule has 0 aliphatic carbocycles. The van der Waals surface area contributed by atoms with Gasteiger partial charge in [-0.25, -0.2) is 14.0 Å². The first kappa shape index (κ1) is 15.9. The van der Waals surface area contributed by atoms with Crippen LogP contribution in [0.15, 0.2) is 18.2 Å². The zero-order valence-electron chi connectivity index (χ0n) is 11.8. The van der Waals surface area contributed by atoms with Crippen LogP contribution in [0.2, 0.25) is 0 Å². The van der Waals surface area contributed by atoms with Crippen molar-refractivity contribution in [3.63, 3.8) is 0 Å². The number of nitrogens with one attached hydrogen (secondary N) is 1. The number of amides is 2.